The first-order chi connectivity index (χ1) is 8.08. The summed E-state index contributed by atoms with van der Waals surface area (Å²) < 4.78 is 72.3. The van der Waals surface area contributed by atoms with Gasteiger partial charge >= 0.3 is 12.4 Å². The van der Waals surface area contributed by atoms with Crippen LogP contribution in [0.25, 0.3) is 0 Å². The van der Waals surface area contributed by atoms with Crippen molar-refractivity contribution < 1.29 is 26.3 Å². The number of nitrogens with zero attached hydrogens (tertiary/aromatic N) is 2. The van der Waals surface area contributed by atoms with E-state index in [9.17, 15) is 26.3 Å². The summed E-state index contributed by atoms with van der Waals surface area (Å²) in [5, 5.41) is 2.10. The minimum Gasteiger partial charge on any atom is -0.384 e. The van der Waals surface area contributed by atoms with E-state index in [0.29, 0.717) is 0 Å². The van der Waals surface area contributed by atoms with Gasteiger partial charge in [-0.2, -0.15) is 26.3 Å². The minimum atomic E-state index is -4.81. The van der Waals surface area contributed by atoms with E-state index in [1.165, 1.54) is 0 Å². The van der Waals surface area contributed by atoms with Gasteiger partial charge in [-0.05, 0) is 0 Å². The summed E-state index contributed by atoms with van der Waals surface area (Å²) >= 11 is 0. The topological polar surface area (TPSA) is 63.8 Å². The molecule has 0 amide bonds. The maximum atomic E-state index is 12.3. The highest BCUT2D eigenvalue weighted by Gasteiger charge is 2.35. The Balaban J connectivity index is 2.75. The standard InChI is InChI=1S/C8H8F6N4/c9-7(10,11)1-2-16-5-3-4(15)17-6(18-5)8(12,13)14/h3H,1-2H2,(H3,15,16,17,18). The van der Waals surface area contributed by atoms with Gasteiger partial charge in [0.05, 0.1) is 6.42 Å². The fourth-order valence-corrected chi connectivity index (χ4v) is 1.02. The van der Waals surface area contributed by atoms with E-state index in [1.54, 1.807) is 0 Å². The SMILES string of the molecule is Nc1cc(NCCC(F)(F)F)nc(C(F)(F)F)n1. The molecule has 0 saturated carbocycles. The monoisotopic (exact) mass is 274 g/mol. The maximum absolute atomic E-state index is 12.3. The first-order valence-corrected chi connectivity index (χ1v) is 4.60. The zero-order chi connectivity index (χ0) is 14.0. The summed E-state index contributed by atoms with van der Waals surface area (Å²) in [4.78, 5) is 5.97. The number of anilines is 2. The third-order valence-corrected chi connectivity index (χ3v) is 1.71. The van der Waals surface area contributed by atoms with Crippen molar-refractivity contribution in [1.82, 2.24) is 9.97 Å². The Hall–Kier alpha value is -1.74. The lowest BCUT2D eigenvalue weighted by molar-refractivity contribution is -0.144. The smallest absolute Gasteiger partial charge is 0.384 e. The second-order valence-electron chi connectivity index (χ2n) is 3.29. The van der Waals surface area contributed by atoms with Crippen LogP contribution in [0.4, 0.5) is 38.0 Å². The third kappa shape index (κ3) is 4.63. The molecule has 1 heterocycles. The molecule has 18 heavy (non-hydrogen) atoms. The molecule has 1 aromatic heterocycles. The van der Waals surface area contributed by atoms with Crippen LogP contribution >= 0.6 is 0 Å². The van der Waals surface area contributed by atoms with Crippen molar-refractivity contribution in [3.8, 4) is 0 Å². The van der Waals surface area contributed by atoms with Gasteiger partial charge in [0.2, 0.25) is 5.82 Å². The first kappa shape index (κ1) is 14.3. The molecular weight excluding hydrogens is 266 g/mol. The Labute approximate surface area is 97.2 Å². The minimum absolute atomic E-state index is 0.404. The summed E-state index contributed by atoms with van der Waals surface area (Å²) in [6, 6.07) is 0.922. The first-order valence-electron chi connectivity index (χ1n) is 4.60. The van der Waals surface area contributed by atoms with Crippen molar-refractivity contribution in [3.05, 3.63) is 11.9 Å². The third-order valence-electron chi connectivity index (χ3n) is 1.71. The molecule has 0 aliphatic carbocycles. The van der Waals surface area contributed by atoms with Crippen LogP contribution < -0.4 is 11.1 Å². The zero-order valence-electron chi connectivity index (χ0n) is 8.73. The van der Waals surface area contributed by atoms with Crippen LogP contribution in [0.15, 0.2) is 6.07 Å². The summed E-state index contributed by atoms with van der Waals surface area (Å²) in [7, 11) is 0. The lowest BCUT2D eigenvalue weighted by Crippen LogP contribution is -2.17. The average Bonchev–Trinajstić information content (AvgIpc) is 2.13. The number of nitrogen functional groups attached to an aromatic ring is 1. The molecule has 0 radical (unpaired) electrons. The number of halogens is 6. The second kappa shape index (κ2) is 4.86. The number of alkyl halides is 6. The molecule has 102 valence electrons. The largest absolute Gasteiger partial charge is 0.451 e. The Morgan fingerprint density at radius 2 is 1.72 bits per heavy atom. The molecule has 0 aromatic carbocycles. The fourth-order valence-electron chi connectivity index (χ4n) is 1.02. The van der Waals surface area contributed by atoms with Gasteiger partial charge < -0.3 is 11.1 Å². The summed E-state index contributed by atoms with van der Waals surface area (Å²) in [5.74, 6) is -2.39. The van der Waals surface area contributed by atoms with Gasteiger partial charge in [-0.25, -0.2) is 9.97 Å². The van der Waals surface area contributed by atoms with Gasteiger partial charge in [0.15, 0.2) is 0 Å². The van der Waals surface area contributed by atoms with Crippen LogP contribution in [0.2, 0.25) is 0 Å². The average molecular weight is 274 g/mol. The van der Waals surface area contributed by atoms with E-state index in [-0.39, 0.29) is 0 Å². The predicted octanol–water partition coefficient (Wildman–Crippen LogP) is 2.44. The molecule has 10 heteroatoms. The molecule has 4 nitrogen and oxygen atoms in total. The molecule has 0 spiro atoms. The highest BCUT2D eigenvalue weighted by Crippen LogP contribution is 2.27. The molecule has 0 bridgehead atoms. The number of nitrogens with two attached hydrogens (primary N) is 1. The Morgan fingerprint density at radius 3 is 2.22 bits per heavy atom. The molecule has 0 atom stereocenters. The van der Waals surface area contributed by atoms with Crippen LogP contribution in [0.3, 0.4) is 0 Å². The lowest BCUT2D eigenvalue weighted by Gasteiger charge is -2.11. The van der Waals surface area contributed by atoms with Gasteiger partial charge in [-0.3, -0.25) is 0 Å². The molecule has 3 N–H and O–H groups in total. The Bertz CT molecular complexity index is 413. The van der Waals surface area contributed by atoms with Gasteiger partial charge in [-0.1, -0.05) is 0 Å². The number of hydrogen-bond donors (Lipinski definition) is 2. The van der Waals surface area contributed by atoms with Crippen LogP contribution in [-0.4, -0.2) is 22.7 Å². The van der Waals surface area contributed by atoms with E-state index in [1.807, 2.05) is 0 Å². The highest BCUT2D eigenvalue weighted by atomic mass is 19.4. The van der Waals surface area contributed by atoms with Crippen LogP contribution in [0.1, 0.15) is 12.2 Å². The normalized spacial score (nSPS) is 12.6. The lowest BCUT2D eigenvalue weighted by atomic mass is 10.4. The van der Waals surface area contributed by atoms with E-state index in [4.69, 9.17) is 5.73 Å². The molecule has 0 unspecified atom stereocenters. The maximum Gasteiger partial charge on any atom is 0.451 e. The molecule has 0 aliphatic rings. The van der Waals surface area contributed by atoms with E-state index >= 15 is 0 Å². The molecule has 0 aliphatic heterocycles. The van der Waals surface area contributed by atoms with Gasteiger partial charge in [0.25, 0.3) is 0 Å². The summed E-state index contributed by atoms with van der Waals surface area (Å²) in [5.41, 5.74) is 5.10. The van der Waals surface area contributed by atoms with E-state index < -0.39 is 42.8 Å². The van der Waals surface area contributed by atoms with Crippen molar-refractivity contribution in [2.75, 3.05) is 17.6 Å². The van der Waals surface area contributed by atoms with E-state index in [2.05, 4.69) is 15.3 Å². The zero-order valence-corrected chi connectivity index (χ0v) is 8.73. The Morgan fingerprint density at radius 1 is 1.11 bits per heavy atom. The van der Waals surface area contributed by atoms with Gasteiger partial charge in [-0.15, -0.1) is 0 Å². The molecular formula is C8H8F6N4. The fraction of sp³-hybridized carbons (Fsp3) is 0.500. The number of aromatic nitrogens is 2. The quantitative estimate of drug-likeness (QED) is 0.831. The van der Waals surface area contributed by atoms with Crippen LogP contribution in [0.5, 0.6) is 0 Å². The molecule has 0 saturated heterocycles. The number of nitrogens with one attached hydrogen (secondary N) is 1. The van der Waals surface area contributed by atoms with Crippen molar-refractivity contribution in [1.29, 1.82) is 0 Å². The number of rotatable bonds is 3. The van der Waals surface area contributed by atoms with Crippen molar-refractivity contribution in [3.63, 3.8) is 0 Å². The predicted molar refractivity (Wildman–Crippen MR) is 50.6 cm³/mol. The van der Waals surface area contributed by atoms with E-state index in [0.717, 1.165) is 6.07 Å². The molecule has 1 rings (SSSR count). The second-order valence-corrected chi connectivity index (χ2v) is 3.29. The number of hydrogen-bond acceptors (Lipinski definition) is 4. The molecule has 1 aromatic rings. The molecule has 0 fully saturated rings. The van der Waals surface area contributed by atoms with Crippen LogP contribution in [-0.2, 0) is 6.18 Å². The Kier molecular flexibility index (Phi) is 3.87. The van der Waals surface area contributed by atoms with Crippen LogP contribution in [0, 0.1) is 0 Å². The van der Waals surface area contributed by atoms with Crippen molar-refractivity contribution in [2.24, 2.45) is 0 Å². The summed E-state index contributed by atoms with van der Waals surface area (Å²) in [6.45, 7) is -0.600. The summed E-state index contributed by atoms with van der Waals surface area (Å²) in [6.07, 6.45) is -10.4. The van der Waals surface area contributed by atoms with Gasteiger partial charge in [0.1, 0.15) is 11.6 Å². The van der Waals surface area contributed by atoms with Crippen molar-refractivity contribution in [2.45, 2.75) is 18.8 Å². The van der Waals surface area contributed by atoms with Crippen molar-refractivity contribution >= 4 is 11.6 Å². The van der Waals surface area contributed by atoms with Gasteiger partial charge in [0, 0.05) is 12.6 Å². The highest BCUT2D eigenvalue weighted by molar-refractivity contribution is 5.44.